The van der Waals surface area contributed by atoms with Gasteiger partial charge in [-0.25, -0.2) is 0 Å². The van der Waals surface area contributed by atoms with Crippen molar-refractivity contribution in [2.45, 2.75) is 31.7 Å². The van der Waals surface area contributed by atoms with Crippen LogP contribution in [0, 0.1) is 5.92 Å². The molecular weight excluding hydrogens is 160 g/mol. The Bertz CT molecular complexity index is 183. The van der Waals surface area contributed by atoms with Gasteiger partial charge in [0.05, 0.1) is 0 Å². The van der Waals surface area contributed by atoms with E-state index in [0.29, 0.717) is 6.04 Å². The molecule has 2 atom stereocenters. The van der Waals surface area contributed by atoms with Crippen molar-refractivity contribution in [2.24, 2.45) is 11.7 Å². The predicted octanol–water partition coefficient (Wildman–Crippen LogP) is 1.38. The zero-order chi connectivity index (χ0) is 9.10. The third-order valence-corrected chi connectivity index (χ3v) is 3.15. The number of nitrogens with zero attached hydrogens (tertiary/aromatic N) is 1. The van der Waals surface area contributed by atoms with E-state index in [4.69, 9.17) is 5.73 Å². The summed E-state index contributed by atoms with van der Waals surface area (Å²) >= 11 is 0. The molecule has 74 valence electrons. The molecule has 0 saturated carbocycles. The Morgan fingerprint density at radius 1 is 1.15 bits per heavy atom. The van der Waals surface area contributed by atoms with E-state index >= 15 is 0 Å². The number of piperidine rings is 1. The molecule has 0 bridgehead atoms. The van der Waals surface area contributed by atoms with Crippen LogP contribution in [-0.2, 0) is 0 Å². The summed E-state index contributed by atoms with van der Waals surface area (Å²) in [5.41, 5.74) is 5.82. The SMILES string of the molecule is NC1C=CC(CN2CCCCC2)C1. The quantitative estimate of drug-likeness (QED) is 0.650. The van der Waals surface area contributed by atoms with Crippen molar-refractivity contribution in [3.63, 3.8) is 0 Å². The monoisotopic (exact) mass is 180 g/mol. The van der Waals surface area contributed by atoms with Crippen LogP contribution < -0.4 is 5.73 Å². The molecule has 13 heavy (non-hydrogen) atoms. The summed E-state index contributed by atoms with van der Waals surface area (Å²) < 4.78 is 0. The molecule has 1 fully saturated rings. The van der Waals surface area contributed by atoms with E-state index < -0.39 is 0 Å². The molecule has 2 nitrogen and oxygen atoms in total. The van der Waals surface area contributed by atoms with E-state index in [1.807, 2.05) is 0 Å². The maximum absolute atomic E-state index is 5.82. The van der Waals surface area contributed by atoms with Gasteiger partial charge in [0.15, 0.2) is 0 Å². The first-order valence-corrected chi connectivity index (χ1v) is 5.51. The lowest BCUT2D eigenvalue weighted by molar-refractivity contribution is 0.207. The highest BCUT2D eigenvalue weighted by Gasteiger charge is 2.19. The van der Waals surface area contributed by atoms with E-state index in [-0.39, 0.29) is 0 Å². The van der Waals surface area contributed by atoms with Crippen molar-refractivity contribution >= 4 is 0 Å². The zero-order valence-electron chi connectivity index (χ0n) is 8.28. The smallest absolute Gasteiger partial charge is 0.0229 e. The molecule has 2 aliphatic rings. The van der Waals surface area contributed by atoms with Crippen molar-refractivity contribution in [1.82, 2.24) is 4.90 Å². The highest BCUT2D eigenvalue weighted by Crippen LogP contribution is 2.19. The fourth-order valence-electron chi connectivity index (χ4n) is 2.42. The number of hydrogen-bond acceptors (Lipinski definition) is 2. The van der Waals surface area contributed by atoms with Gasteiger partial charge in [-0.1, -0.05) is 18.6 Å². The van der Waals surface area contributed by atoms with Crippen LogP contribution in [0.25, 0.3) is 0 Å². The van der Waals surface area contributed by atoms with Crippen LogP contribution in [0.4, 0.5) is 0 Å². The van der Waals surface area contributed by atoms with Gasteiger partial charge in [-0.2, -0.15) is 0 Å². The predicted molar refractivity (Wildman–Crippen MR) is 55.5 cm³/mol. The van der Waals surface area contributed by atoms with Crippen LogP contribution in [0.3, 0.4) is 0 Å². The molecule has 0 aromatic rings. The summed E-state index contributed by atoms with van der Waals surface area (Å²) in [7, 11) is 0. The lowest BCUT2D eigenvalue weighted by Crippen LogP contribution is -2.34. The van der Waals surface area contributed by atoms with Gasteiger partial charge in [0.1, 0.15) is 0 Å². The highest BCUT2D eigenvalue weighted by atomic mass is 15.1. The van der Waals surface area contributed by atoms with Gasteiger partial charge in [-0.15, -0.1) is 0 Å². The summed E-state index contributed by atoms with van der Waals surface area (Å²) in [5.74, 6) is 0.730. The minimum absolute atomic E-state index is 0.329. The fraction of sp³-hybridized carbons (Fsp3) is 0.818. The molecule has 0 amide bonds. The third kappa shape index (κ3) is 2.55. The van der Waals surface area contributed by atoms with Gasteiger partial charge in [-0.3, -0.25) is 0 Å². The van der Waals surface area contributed by atoms with Crippen LogP contribution in [0.1, 0.15) is 25.7 Å². The van der Waals surface area contributed by atoms with Crippen LogP contribution in [0.5, 0.6) is 0 Å². The first-order valence-electron chi connectivity index (χ1n) is 5.51. The number of hydrogen-bond donors (Lipinski definition) is 1. The molecule has 1 heterocycles. The van der Waals surface area contributed by atoms with Gasteiger partial charge in [-0.05, 0) is 38.3 Å². The standard InChI is InChI=1S/C11H20N2/c12-11-5-4-10(8-11)9-13-6-2-1-3-7-13/h4-5,10-11H,1-3,6-9,12H2. The molecule has 2 N–H and O–H groups in total. The van der Waals surface area contributed by atoms with E-state index in [2.05, 4.69) is 17.1 Å². The minimum Gasteiger partial charge on any atom is -0.324 e. The van der Waals surface area contributed by atoms with E-state index in [1.165, 1.54) is 38.9 Å². The van der Waals surface area contributed by atoms with Crippen molar-refractivity contribution in [3.8, 4) is 0 Å². The Kier molecular flexibility index (Phi) is 3.01. The fourth-order valence-corrected chi connectivity index (χ4v) is 2.42. The summed E-state index contributed by atoms with van der Waals surface area (Å²) in [4.78, 5) is 2.59. The van der Waals surface area contributed by atoms with E-state index in [0.717, 1.165) is 12.3 Å². The second-order valence-electron chi connectivity index (χ2n) is 4.41. The van der Waals surface area contributed by atoms with Crippen molar-refractivity contribution in [1.29, 1.82) is 0 Å². The molecule has 2 rings (SSSR count). The first-order chi connectivity index (χ1) is 6.34. The van der Waals surface area contributed by atoms with E-state index in [9.17, 15) is 0 Å². The van der Waals surface area contributed by atoms with Gasteiger partial charge in [0, 0.05) is 12.6 Å². The van der Waals surface area contributed by atoms with Gasteiger partial charge in [0.25, 0.3) is 0 Å². The second-order valence-corrected chi connectivity index (χ2v) is 4.41. The van der Waals surface area contributed by atoms with Crippen LogP contribution >= 0.6 is 0 Å². The Balaban J connectivity index is 1.74. The lowest BCUT2D eigenvalue weighted by atomic mass is 10.1. The molecule has 0 aromatic heterocycles. The average molecular weight is 180 g/mol. The molecule has 0 radical (unpaired) electrons. The number of likely N-dealkylation sites (tertiary alicyclic amines) is 1. The molecule has 1 aliphatic carbocycles. The minimum atomic E-state index is 0.329. The Labute approximate surface area is 80.8 Å². The highest BCUT2D eigenvalue weighted by molar-refractivity contribution is 5.05. The summed E-state index contributed by atoms with van der Waals surface area (Å²) in [6.07, 6.45) is 9.84. The molecule has 0 aromatic carbocycles. The lowest BCUT2D eigenvalue weighted by Gasteiger charge is -2.28. The largest absolute Gasteiger partial charge is 0.324 e. The first kappa shape index (κ1) is 9.22. The Morgan fingerprint density at radius 2 is 1.92 bits per heavy atom. The van der Waals surface area contributed by atoms with Crippen molar-refractivity contribution in [3.05, 3.63) is 12.2 Å². The maximum Gasteiger partial charge on any atom is 0.0229 e. The summed E-state index contributed by atoms with van der Waals surface area (Å²) in [6.45, 7) is 3.85. The average Bonchev–Trinajstić information content (AvgIpc) is 2.53. The third-order valence-electron chi connectivity index (χ3n) is 3.15. The zero-order valence-corrected chi connectivity index (χ0v) is 8.28. The Morgan fingerprint density at radius 3 is 2.54 bits per heavy atom. The molecule has 1 saturated heterocycles. The molecule has 0 spiro atoms. The van der Waals surface area contributed by atoms with Crippen LogP contribution in [0.2, 0.25) is 0 Å². The topological polar surface area (TPSA) is 29.3 Å². The van der Waals surface area contributed by atoms with E-state index in [1.54, 1.807) is 0 Å². The maximum atomic E-state index is 5.82. The van der Waals surface area contributed by atoms with Gasteiger partial charge >= 0.3 is 0 Å². The normalized spacial score (nSPS) is 35.5. The van der Waals surface area contributed by atoms with Crippen LogP contribution in [-0.4, -0.2) is 30.6 Å². The number of rotatable bonds is 2. The molecule has 2 heteroatoms. The van der Waals surface area contributed by atoms with Crippen LogP contribution in [0.15, 0.2) is 12.2 Å². The molecule has 2 unspecified atom stereocenters. The molecule has 1 aliphatic heterocycles. The molecular formula is C11H20N2. The Hall–Kier alpha value is -0.340. The van der Waals surface area contributed by atoms with Crippen molar-refractivity contribution in [2.75, 3.05) is 19.6 Å². The second kappa shape index (κ2) is 4.25. The van der Waals surface area contributed by atoms with Crippen molar-refractivity contribution < 1.29 is 0 Å². The summed E-state index contributed by atoms with van der Waals surface area (Å²) in [6, 6.07) is 0.329. The van der Waals surface area contributed by atoms with Gasteiger partial charge in [0.2, 0.25) is 0 Å². The summed E-state index contributed by atoms with van der Waals surface area (Å²) in [5, 5.41) is 0. The number of nitrogens with two attached hydrogens (primary N) is 1. The van der Waals surface area contributed by atoms with Gasteiger partial charge < -0.3 is 10.6 Å².